The highest BCUT2D eigenvalue weighted by Gasteiger charge is 2.15. The van der Waals surface area contributed by atoms with Crippen LogP contribution in [0.1, 0.15) is 12.7 Å². The fourth-order valence-electron chi connectivity index (χ4n) is 7.42. The Morgan fingerprint density at radius 2 is 1.11 bits per heavy atom. The van der Waals surface area contributed by atoms with Crippen LogP contribution < -0.4 is 0 Å². The third kappa shape index (κ3) is 3.91. The van der Waals surface area contributed by atoms with E-state index in [1.165, 1.54) is 32.3 Å². The molecule has 0 fully saturated rings. The quantitative estimate of drug-likeness (QED) is 0.189. The predicted molar refractivity (Wildman–Crippen MR) is 196 cm³/mol. The van der Waals surface area contributed by atoms with Gasteiger partial charge in [-0.3, -0.25) is 4.57 Å². The van der Waals surface area contributed by atoms with Crippen LogP contribution in [0.2, 0.25) is 0 Å². The number of rotatable bonds is 4. The smallest absolute Gasteiger partial charge is 0.114 e. The van der Waals surface area contributed by atoms with Gasteiger partial charge >= 0.3 is 0 Å². The van der Waals surface area contributed by atoms with Crippen molar-refractivity contribution >= 4 is 65.2 Å². The van der Waals surface area contributed by atoms with E-state index < -0.39 is 0 Å². The van der Waals surface area contributed by atoms with Crippen LogP contribution in [0.4, 0.5) is 0 Å². The number of imidazole rings is 1. The molecule has 47 heavy (non-hydrogen) atoms. The molecular formula is C43H28N4. The second-order valence-corrected chi connectivity index (χ2v) is 12.3. The molecule has 10 aromatic rings. The molecule has 0 spiro atoms. The van der Waals surface area contributed by atoms with Gasteiger partial charge in [0.25, 0.3) is 0 Å². The molecule has 220 valence electrons. The minimum Gasteiger partial charge on any atom is -0.296 e. The Kier molecular flexibility index (Phi) is 5.52. The molecular weight excluding hydrogens is 573 g/mol. The Hall–Kier alpha value is -6.13. The number of aromatic nitrogens is 4. The number of pyridine rings is 2. The van der Waals surface area contributed by atoms with Crippen molar-refractivity contribution < 1.29 is 0 Å². The normalized spacial score (nSPS) is 12.0. The molecule has 0 atom stereocenters. The maximum atomic E-state index is 5.31. The van der Waals surface area contributed by atoms with E-state index in [0.717, 1.165) is 73.3 Å². The summed E-state index contributed by atoms with van der Waals surface area (Å²) >= 11 is 0. The lowest BCUT2D eigenvalue weighted by Crippen LogP contribution is -2.00. The molecule has 10 rings (SSSR count). The molecule has 0 N–H and O–H groups in total. The van der Waals surface area contributed by atoms with Crippen molar-refractivity contribution in [1.82, 2.24) is 19.5 Å². The maximum absolute atomic E-state index is 5.31. The molecule has 0 saturated heterocycles. The average molecular weight is 601 g/mol. The molecule has 7 aromatic carbocycles. The fraction of sp³-hybridized carbons (Fsp3) is 0.0465. The zero-order valence-electron chi connectivity index (χ0n) is 25.8. The van der Waals surface area contributed by atoms with E-state index in [1.54, 1.807) is 0 Å². The van der Waals surface area contributed by atoms with Gasteiger partial charge in [0.05, 0.1) is 33.5 Å². The first-order valence-electron chi connectivity index (χ1n) is 16.2. The number of hydrogen-bond donors (Lipinski definition) is 0. The van der Waals surface area contributed by atoms with Crippen molar-refractivity contribution in [2.24, 2.45) is 0 Å². The second kappa shape index (κ2) is 9.93. The number of nitrogens with zero attached hydrogens (tertiary/aromatic N) is 4. The summed E-state index contributed by atoms with van der Waals surface area (Å²) in [6.07, 6.45) is 0.860. The van der Waals surface area contributed by atoms with Crippen LogP contribution in [-0.4, -0.2) is 19.5 Å². The van der Waals surface area contributed by atoms with Crippen molar-refractivity contribution in [2.75, 3.05) is 0 Å². The SMILES string of the molecule is CCc1nc2ccccc2n1-c1ccc(-c2ccc3ccc4ccc(-c5ccc6ccc7cccc8ccc5c6c78)nc4c3n2)cc1. The van der Waals surface area contributed by atoms with Gasteiger partial charge in [-0.05, 0) is 68.7 Å². The van der Waals surface area contributed by atoms with Crippen LogP contribution in [0.5, 0.6) is 0 Å². The molecule has 0 unspecified atom stereocenters. The number of benzene rings is 7. The first-order chi connectivity index (χ1) is 23.2. The van der Waals surface area contributed by atoms with Crippen molar-refractivity contribution in [3.8, 4) is 28.2 Å². The van der Waals surface area contributed by atoms with Gasteiger partial charge in [0.15, 0.2) is 0 Å². The second-order valence-electron chi connectivity index (χ2n) is 12.3. The summed E-state index contributed by atoms with van der Waals surface area (Å²) < 4.78 is 2.25. The average Bonchev–Trinajstić information content (AvgIpc) is 3.52. The van der Waals surface area contributed by atoms with E-state index >= 15 is 0 Å². The third-order valence-corrected chi connectivity index (χ3v) is 9.69. The summed E-state index contributed by atoms with van der Waals surface area (Å²) in [4.78, 5) is 15.4. The Bertz CT molecular complexity index is 2810. The lowest BCUT2D eigenvalue weighted by molar-refractivity contribution is 0.908. The zero-order valence-corrected chi connectivity index (χ0v) is 25.8. The molecule has 0 bridgehead atoms. The topological polar surface area (TPSA) is 43.6 Å². The highest BCUT2D eigenvalue weighted by molar-refractivity contribution is 6.25. The minimum absolute atomic E-state index is 0.860. The molecule has 3 aromatic heterocycles. The minimum atomic E-state index is 0.860. The van der Waals surface area contributed by atoms with Gasteiger partial charge in [0.2, 0.25) is 0 Å². The van der Waals surface area contributed by atoms with E-state index in [4.69, 9.17) is 15.0 Å². The fourth-order valence-corrected chi connectivity index (χ4v) is 7.42. The monoisotopic (exact) mass is 600 g/mol. The van der Waals surface area contributed by atoms with Gasteiger partial charge in [-0.2, -0.15) is 0 Å². The van der Waals surface area contributed by atoms with Crippen LogP contribution in [0.25, 0.3) is 93.4 Å². The zero-order chi connectivity index (χ0) is 31.1. The van der Waals surface area contributed by atoms with E-state index in [-0.39, 0.29) is 0 Å². The summed E-state index contributed by atoms with van der Waals surface area (Å²) in [5, 5.41) is 9.80. The third-order valence-electron chi connectivity index (χ3n) is 9.69. The van der Waals surface area contributed by atoms with Crippen molar-refractivity contribution in [3.05, 3.63) is 145 Å². The van der Waals surface area contributed by atoms with Gasteiger partial charge in [0.1, 0.15) is 5.82 Å². The van der Waals surface area contributed by atoms with E-state index in [0.29, 0.717) is 0 Å². The van der Waals surface area contributed by atoms with Crippen LogP contribution in [0.3, 0.4) is 0 Å². The lowest BCUT2D eigenvalue weighted by atomic mass is 9.91. The van der Waals surface area contributed by atoms with Crippen molar-refractivity contribution in [2.45, 2.75) is 13.3 Å². The molecule has 0 radical (unpaired) electrons. The standard InChI is InChI=1S/C43H28N4/c1-2-39-44-37-8-3-4-9-38(37)47(39)32-20-14-26(15-21-32)35-24-18-30-12-13-31-19-25-36(46-43(31)42(30)45-35)33-22-16-29-11-10-27-6-5-7-28-17-23-34(33)41(29)40(27)28/h3-25H,2H2,1H3. The molecule has 0 aliphatic carbocycles. The summed E-state index contributed by atoms with van der Waals surface area (Å²) in [5.41, 5.74) is 9.17. The summed E-state index contributed by atoms with van der Waals surface area (Å²) in [7, 11) is 0. The largest absolute Gasteiger partial charge is 0.296 e. The first-order valence-corrected chi connectivity index (χ1v) is 16.2. The summed E-state index contributed by atoms with van der Waals surface area (Å²) in [6, 6.07) is 49.8. The van der Waals surface area contributed by atoms with Gasteiger partial charge in [-0.1, -0.05) is 110 Å². The van der Waals surface area contributed by atoms with Gasteiger partial charge in [0, 0.05) is 34.0 Å². The van der Waals surface area contributed by atoms with E-state index in [2.05, 4.69) is 145 Å². The number of para-hydroxylation sites is 2. The molecule has 0 amide bonds. The van der Waals surface area contributed by atoms with Crippen LogP contribution in [-0.2, 0) is 6.42 Å². The van der Waals surface area contributed by atoms with E-state index in [9.17, 15) is 0 Å². The van der Waals surface area contributed by atoms with Crippen molar-refractivity contribution in [1.29, 1.82) is 0 Å². The Morgan fingerprint density at radius 1 is 0.489 bits per heavy atom. The molecule has 4 nitrogen and oxygen atoms in total. The summed E-state index contributed by atoms with van der Waals surface area (Å²) in [6.45, 7) is 2.15. The van der Waals surface area contributed by atoms with Crippen LogP contribution >= 0.6 is 0 Å². The van der Waals surface area contributed by atoms with Gasteiger partial charge in [-0.15, -0.1) is 0 Å². The molecule has 0 saturated carbocycles. The van der Waals surface area contributed by atoms with Crippen LogP contribution in [0, 0.1) is 0 Å². The predicted octanol–water partition coefficient (Wildman–Crippen LogP) is 10.9. The lowest BCUT2D eigenvalue weighted by Gasteiger charge is -2.14. The van der Waals surface area contributed by atoms with Gasteiger partial charge in [-0.25, -0.2) is 15.0 Å². The Labute approximate surface area is 270 Å². The molecule has 0 aliphatic heterocycles. The number of aryl methyl sites for hydroxylation is 1. The van der Waals surface area contributed by atoms with Crippen molar-refractivity contribution in [3.63, 3.8) is 0 Å². The Morgan fingerprint density at radius 3 is 1.87 bits per heavy atom. The first kappa shape index (κ1) is 26.1. The molecule has 3 heterocycles. The van der Waals surface area contributed by atoms with E-state index in [1.807, 2.05) is 6.07 Å². The van der Waals surface area contributed by atoms with Crippen LogP contribution in [0.15, 0.2) is 140 Å². The van der Waals surface area contributed by atoms with Gasteiger partial charge < -0.3 is 0 Å². The highest BCUT2D eigenvalue weighted by Crippen LogP contribution is 2.39. The molecule has 4 heteroatoms. The summed E-state index contributed by atoms with van der Waals surface area (Å²) in [5.74, 6) is 1.06. The highest BCUT2D eigenvalue weighted by atomic mass is 15.1. The maximum Gasteiger partial charge on any atom is 0.114 e. The number of fused-ring (bicyclic) bond motifs is 4. The molecule has 0 aliphatic rings. The number of hydrogen-bond acceptors (Lipinski definition) is 3. The Balaban J connectivity index is 1.10.